The molecule has 1 saturated heterocycles. The molecule has 32 heavy (non-hydrogen) atoms. The van der Waals surface area contributed by atoms with Crippen LogP contribution in [0.5, 0.6) is 0 Å². The zero-order chi connectivity index (χ0) is 22.3. The number of nitrogens with zero attached hydrogens (tertiary/aromatic N) is 3. The molecule has 8 heteroatoms. The SMILES string of the molecule is CC(CNc1nc(Nc2cccc(NC(=O)N3CCCC3)c2)ncc1Br)c1ccccc1. The molecule has 7 nitrogen and oxygen atoms in total. The number of hydrogen-bond acceptors (Lipinski definition) is 5. The molecule has 1 aliphatic rings. The van der Waals surface area contributed by atoms with Gasteiger partial charge < -0.3 is 20.9 Å². The van der Waals surface area contributed by atoms with Gasteiger partial charge in [0.15, 0.2) is 0 Å². The third-order valence-electron chi connectivity index (χ3n) is 5.45. The zero-order valence-electron chi connectivity index (χ0n) is 18.0. The van der Waals surface area contributed by atoms with Gasteiger partial charge in [0.2, 0.25) is 5.95 Å². The third kappa shape index (κ3) is 5.76. The number of likely N-dealkylation sites (tertiary alicyclic amines) is 1. The first-order valence-corrected chi connectivity index (χ1v) is 11.6. The Hall–Kier alpha value is -3.13. The largest absolute Gasteiger partial charge is 0.368 e. The van der Waals surface area contributed by atoms with Crippen LogP contribution >= 0.6 is 15.9 Å². The third-order valence-corrected chi connectivity index (χ3v) is 6.03. The van der Waals surface area contributed by atoms with Crippen LogP contribution in [0.25, 0.3) is 0 Å². The minimum absolute atomic E-state index is 0.0569. The molecule has 3 aromatic rings. The Morgan fingerprint density at radius 2 is 1.84 bits per heavy atom. The van der Waals surface area contributed by atoms with E-state index in [4.69, 9.17) is 0 Å². The maximum Gasteiger partial charge on any atom is 0.321 e. The molecule has 2 heterocycles. The fraction of sp³-hybridized carbons (Fsp3) is 0.292. The summed E-state index contributed by atoms with van der Waals surface area (Å²) in [5.41, 5.74) is 2.81. The lowest BCUT2D eigenvalue weighted by Crippen LogP contribution is -2.32. The first-order valence-electron chi connectivity index (χ1n) is 10.8. The standard InChI is InChI=1S/C24H27BrN6O/c1-17(18-8-3-2-4-9-18)15-26-22-21(25)16-27-23(30-22)28-19-10-7-11-20(14-19)29-24(32)31-12-5-6-13-31/h2-4,7-11,14,16-17H,5-6,12-13,15H2,1H3,(H,29,32)(H2,26,27,28,30). The Labute approximate surface area is 196 Å². The summed E-state index contributed by atoms with van der Waals surface area (Å²) in [5.74, 6) is 1.54. The van der Waals surface area contributed by atoms with E-state index in [2.05, 4.69) is 73.0 Å². The van der Waals surface area contributed by atoms with Crippen LogP contribution in [-0.4, -0.2) is 40.5 Å². The quantitative estimate of drug-likeness (QED) is 0.385. The summed E-state index contributed by atoms with van der Waals surface area (Å²) < 4.78 is 0.801. The number of hydrogen-bond donors (Lipinski definition) is 3. The predicted molar refractivity (Wildman–Crippen MR) is 133 cm³/mol. The highest BCUT2D eigenvalue weighted by Gasteiger charge is 2.17. The van der Waals surface area contributed by atoms with Crippen LogP contribution in [0.4, 0.5) is 27.9 Å². The Morgan fingerprint density at radius 1 is 1.09 bits per heavy atom. The summed E-state index contributed by atoms with van der Waals surface area (Å²) in [7, 11) is 0. The molecule has 0 aliphatic carbocycles. The fourth-order valence-corrected chi connectivity index (χ4v) is 3.96. The second-order valence-corrected chi connectivity index (χ2v) is 8.77. The minimum Gasteiger partial charge on any atom is -0.368 e. The Kier molecular flexibility index (Phi) is 7.21. The lowest BCUT2D eigenvalue weighted by molar-refractivity contribution is 0.222. The van der Waals surface area contributed by atoms with E-state index in [1.54, 1.807) is 6.20 Å². The van der Waals surface area contributed by atoms with Gasteiger partial charge in [-0.2, -0.15) is 4.98 Å². The van der Waals surface area contributed by atoms with Crippen LogP contribution < -0.4 is 16.0 Å². The second-order valence-electron chi connectivity index (χ2n) is 7.91. The monoisotopic (exact) mass is 494 g/mol. The van der Waals surface area contributed by atoms with E-state index in [1.165, 1.54) is 5.56 Å². The summed E-state index contributed by atoms with van der Waals surface area (Å²) in [4.78, 5) is 23.2. The van der Waals surface area contributed by atoms with Crippen molar-refractivity contribution in [2.45, 2.75) is 25.7 Å². The van der Waals surface area contributed by atoms with Gasteiger partial charge in [-0.05, 0) is 58.5 Å². The van der Waals surface area contributed by atoms with E-state index < -0.39 is 0 Å². The minimum atomic E-state index is -0.0569. The maximum absolute atomic E-state index is 12.4. The Bertz CT molecular complexity index is 1060. The van der Waals surface area contributed by atoms with Gasteiger partial charge in [0.05, 0.1) is 4.47 Å². The van der Waals surface area contributed by atoms with Gasteiger partial charge in [-0.25, -0.2) is 9.78 Å². The molecule has 0 spiro atoms. The number of benzene rings is 2. The highest BCUT2D eigenvalue weighted by molar-refractivity contribution is 9.10. The lowest BCUT2D eigenvalue weighted by atomic mass is 10.0. The number of rotatable bonds is 7. The summed E-state index contributed by atoms with van der Waals surface area (Å²) >= 11 is 3.53. The topological polar surface area (TPSA) is 82.2 Å². The molecule has 2 amide bonds. The molecular formula is C24H27BrN6O. The molecule has 2 aromatic carbocycles. The van der Waals surface area contributed by atoms with Crippen LogP contribution in [0.15, 0.2) is 65.3 Å². The Balaban J connectivity index is 1.39. The van der Waals surface area contributed by atoms with Gasteiger partial charge >= 0.3 is 6.03 Å². The van der Waals surface area contributed by atoms with Gasteiger partial charge in [0.25, 0.3) is 0 Å². The molecule has 166 valence electrons. The average molecular weight is 495 g/mol. The van der Waals surface area contributed by atoms with Crippen molar-refractivity contribution >= 4 is 45.1 Å². The number of carbonyl (C=O) groups excluding carboxylic acids is 1. The van der Waals surface area contributed by atoms with Crippen LogP contribution in [0.1, 0.15) is 31.2 Å². The van der Waals surface area contributed by atoms with Gasteiger partial charge in [0, 0.05) is 37.2 Å². The van der Waals surface area contributed by atoms with Crippen molar-refractivity contribution in [2.24, 2.45) is 0 Å². The number of nitrogens with one attached hydrogen (secondary N) is 3. The van der Waals surface area contributed by atoms with Crippen LogP contribution in [-0.2, 0) is 0 Å². The van der Waals surface area contributed by atoms with Crippen molar-refractivity contribution in [2.75, 3.05) is 35.6 Å². The van der Waals surface area contributed by atoms with Gasteiger partial charge in [-0.1, -0.05) is 43.3 Å². The highest BCUT2D eigenvalue weighted by Crippen LogP contribution is 2.25. The molecule has 0 radical (unpaired) electrons. The first kappa shape index (κ1) is 22.1. The molecule has 4 rings (SSSR count). The van der Waals surface area contributed by atoms with Crippen molar-refractivity contribution in [3.8, 4) is 0 Å². The van der Waals surface area contributed by atoms with Crippen LogP contribution in [0.2, 0.25) is 0 Å². The molecule has 0 saturated carbocycles. The summed E-state index contributed by atoms with van der Waals surface area (Å²) in [6, 6.07) is 17.9. The number of halogens is 1. The van der Waals surface area contributed by atoms with Crippen LogP contribution in [0.3, 0.4) is 0 Å². The van der Waals surface area contributed by atoms with Gasteiger partial charge in [-0.3, -0.25) is 0 Å². The Morgan fingerprint density at radius 3 is 2.62 bits per heavy atom. The van der Waals surface area contributed by atoms with E-state index in [1.807, 2.05) is 35.2 Å². The van der Waals surface area contributed by atoms with E-state index in [0.29, 0.717) is 11.9 Å². The van der Waals surface area contributed by atoms with Gasteiger partial charge in [0.1, 0.15) is 5.82 Å². The van der Waals surface area contributed by atoms with E-state index in [0.717, 1.165) is 54.1 Å². The van der Waals surface area contributed by atoms with Crippen molar-refractivity contribution in [1.29, 1.82) is 0 Å². The van der Waals surface area contributed by atoms with E-state index in [9.17, 15) is 4.79 Å². The molecule has 0 bridgehead atoms. The van der Waals surface area contributed by atoms with Crippen molar-refractivity contribution in [3.05, 3.63) is 70.8 Å². The highest BCUT2D eigenvalue weighted by atomic mass is 79.9. The summed E-state index contributed by atoms with van der Waals surface area (Å²) in [6.07, 6.45) is 3.86. The lowest BCUT2D eigenvalue weighted by Gasteiger charge is -2.17. The molecular weight excluding hydrogens is 468 g/mol. The molecule has 1 atom stereocenters. The fourth-order valence-electron chi connectivity index (χ4n) is 3.63. The summed E-state index contributed by atoms with van der Waals surface area (Å²) in [5, 5.41) is 9.60. The number of urea groups is 1. The van der Waals surface area contributed by atoms with Crippen LogP contribution in [0, 0.1) is 0 Å². The molecule has 1 unspecified atom stereocenters. The zero-order valence-corrected chi connectivity index (χ0v) is 19.6. The number of carbonyl (C=O) groups is 1. The predicted octanol–water partition coefficient (Wildman–Crippen LogP) is 5.83. The maximum atomic E-state index is 12.4. The smallest absolute Gasteiger partial charge is 0.321 e. The molecule has 3 N–H and O–H groups in total. The number of amides is 2. The average Bonchev–Trinajstić information content (AvgIpc) is 3.35. The molecule has 1 aliphatic heterocycles. The normalized spacial score (nSPS) is 14.1. The van der Waals surface area contributed by atoms with E-state index >= 15 is 0 Å². The molecule has 1 fully saturated rings. The van der Waals surface area contributed by atoms with Crippen molar-refractivity contribution in [3.63, 3.8) is 0 Å². The van der Waals surface area contributed by atoms with E-state index in [-0.39, 0.29) is 6.03 Å². The van der Waals surface area contributed by atoms with Crippen molar-refractivity contribution < 1.29 is 4.79 Å². The van der Waals surface area contributed by atoms with Crippen molar-refractivity contribution in [1.82, 2.24) is 14.9 Å². The summed E-state index contributed by atoms with van der Waals surface area (Å²) in [6.45, 7) is 4.56. The molecule has 1 aromatic heterocycles. The number of aromatic nitrogens is 2. The van der Waals surface area contributed by atoms with Gasteiger partial charge in [-0.15, -0.1) is 0 Å². The second kappa shape index (κ2) is 10.5. The number of anilines is 4. The first-order chi connectivity index (χ1) is 15.6.